The number of fused-ring (bicyclic) bond motifs is 1. The summed E-state index contributed by atoms with van der Waals surface area (Å²) in [4.78, 5) is 12.7. The molecule has 0 saturated carbocycles. The van der Waals surface area contributed by atoms with Gasteiger partial charge in [0.25, 0.3) is 0 Å². The molecule has 0 heterocycles. The fraction of sp³-hybridized carbons (Fsp3) is 0.579. The van der Waals surface area contributed by atoms with Crippen LogP contribution in [0.2, 0.25) is 0 Å². The second kappa shape index (κ2) is 7.08. The van der Waals surface area contributed by atoms with E-state index in [2.05, 4.69) is 13.8 Å². The van der Waals surface area contributed by atoms with E-state index in [4.69, 9.17) is 11.1 Å². The molecule has 0 amide bonds. The summed E-state index contributed by atoms with van der Waals surface area (Å²) in [6.45, 7) is 4.32. The molecule has 0 spiro atoms. The first-order valence-electron chi connectivity index (χ1n) is 8.50. The van der Waals surface area contributed by atoms with E-state index in [1.807, 2.05) is 12.1 Å². The smallest absolute Gasteiger partial charge is 0.169 e. The van der Waals surface area contributed by atoms with Crippen LogP contribution in [0.25, 0.3) is 0 Å². The molecule has 1 unspecified atom stereocenters. The van der Waals surface area contributed by atoms with Crippen molar-refractivity contribution in [2.24, 2.45) is 11.1 Å². The highest BCUT2D eigenvalue weighted by molar-refractivity contribution is 6.07. The average Bonchev–Trinajstić information content (AvgIpc) is 2.74. The molecule has 120 valence electrons. The van der Waals surface area contributed by atoms with Crippen molar-refractivity contribution in [3.63, 3.8) is 0 Å². The molecule has 1 aromatic carbocycles. The summed E-state index contributed by atoms with van der Waals surface area (Å²) in [5.74, 6) is 0.263. The number of carbonyl (C=O) groups excluding carboxylic acids is 1. The first kappa shape index (κ1) is 16.7. The lowest BCUT2D eigenvalue weighted by molar-refractivity contribution is 0.0826. The van der Waals surface area contributed by atoms with E-state index in [-0.39, 0.29) is 17.0 Å². The minimum Gasteiger partial charge on any atom is -0.384 e. The Hall–Kier alpha value is -1.64. The Labute approximate surface area is 133 Å². The van der Waals surface area contributed by atoms with Gasteiger partial charge in [0.15, 0.2) is 5.78 Å². The second-order valence-corrected chi connectivity index (χ2v) is 6.87. The number of unbranched alkanes of at least 4 members (excludes halogenated alkanes) is 5. The summed E-state index contributed by atoms with van der Waals surface area (Å²) in [6, 6.07) is 5.62. The van der Waals surface area contributed by atoms with E-state index in [1.165, 1.54) is 32.1 Å². The Morgan fingerprint density at radius 1 is 1.23 bits per heavy atom. The van der Waals surface area contributed by atoms with Gasteiger partial charge in [-0.25, -0.2) is 0 Å². The second-order valence-electron chi connectivity index (χ2n) is 6.87. The van der Waals surface area contributed by atoms with Crippen LogP contribution in [0.15, 0.2) is 18.2 Å². The molecule has 1 aliphatic carbocycles. The Morgan fingerprint density at radius 3 is 2.59 bits per heavy atom. The van der Waals surface area contributed by atoms with Gasteiger partial charge in [0.2, 0.25) is 0 Å². The molecule has 0 radical (unpaired) electrons. The highest BCUT2D eigenvalue weighted by Crippen LogP contribution is 2.40. The number of hydrogen-bond acceptors (Lipinski definition) is 2. The SMILES string of the molecule is CCCCCCCCC1(C)Cc2ccc(C(=N)N)cc2C1=O. The Morgan fingerprint density at radius 2 is 1.91 bits per heavy atom. The number of carbonyl (C=O) groups is 1. The lowest BCUT2D eigenvalue weighted by atomic mass is 9.81. The van der Waals surface area contributed by atoms with Gasteiger partial charge < -0.3 is 5.73 Å². The van der Waals surface area contributed by atoms with Crippen molar-refractivity contribution in [3.8, 4) is 0 Å². The Balaban J connectivity index is 1.96. The molecule has 3 heteroatoms. The predicted octanol–water partition coefficient (Wildman–Crippen LogP) is 4.47. The molecular formula is C19H28N2O. The van der Waals surface area contributed by atoms with Crippen LogP contribution in [0.1, 0.15) is 80.3 Å². The maximum Gasteiger partial charge on any atom is 0.169 e. The van der Waals surface area contributed by atoms with Gasteiger partial charge in [-0.05, 0) is 24.5 Å². The van der Waals surface area contributed by atoms with Crippen molar-refractivity contribution in [2.75, 3.05) is 0 Å². The average molecular weight is 300 g/mol. The zero-order chi connectivity index (χ0) is 16.2. The number of benzene rings is 1. The molecule has 0 fully saturated rings. The molecule has 3 nitrogen and oxygen atoms in total. The maximum absolute atomic E-state index is 12.7. The summed E-state index contributed by atoms with van der Waals surface area (Å²) in [6.07, 6.45) is 9.30. The minimum absolute atomic E-state index is 0.0279. The third kappa shape index (κ3) is 3.57. The van der Waals surface area contributed by atoms with Crippen LogP contribution in [0.5, 0.6) is 0 Å². The summed E-state index contributed by atoms with van der Waals surface area (Å²) in [5, 5.41) is 7.52. The highest BCUT2D eigenvalue weighted by Gasteiger charge is 2.40. The summed E-state index contributed by atoms with van der Waals surface area (Å²) >= 11 is 0. The molecule has 1 aliphatic rings. The van der Waals surface area contributed by atoms with Crippen molar-refractivity contribution >= 4 is 11.6 Å². The van der Waals surface area contributed by atoms with Crippen molar-refractivity contribution in [1.82, 2.24) is 0 Å². The third-order valence-corrected chi connectivity index (χ3v) is 4.88. The number of nitrogens with two attached hydrogens (primary N) is 1. The van der Waals surface area contributed by atoms with Crippen LogP contribution in [-0.4, -0.2) is 11.6 Å². The predicted molar refractivity (Wildman–Crippen MR) is 91.6 cm³/mol. The van der Waals surface area contributed by atoms with E-state index in [9.17, 15) is 4.79 Å². The van der Waals surface area contributed by atoms with E-state index in [0.29, 0.717) is 5.56 Å². The fourth-order valence-corrected chi connectivity index (χ4v) is 3.43. The number of ketones is 1. The molecule has 0 aliphatic heterocycles. The third-order valence-electron chi connectivity index (χ3n) is 4.88. The van der Waals surface area contributed by atoms with Gasteiger partial charge in [0.05, 0.1) is 0 Å². The first-order valence-corrected chi connectivity index (χ1v) is 8.50. The van der Waals surface area contributed by atoms with Crippen LogP contribution in [-0.2, 0) is 6.42 Å². The highest BCUT2D eigenvalue weighted by atomic mass is 16.1. The van der Waals surface area contributed by atoms with Crippen molar-refractivity contribution < 1.29 is 4.79 Å². The number of hydrogen-bond donors (Lipinski definition) is 2. The number of rotatable bonds is 8. The van der Waals surface area contributed by atoms with Crippen LogP contribution in [0.4, 0.5) is 0 Å². The Bertz CT molecular complexity index is 565. The zero-order valence-corrected chi connectivity index (χ0v) is 13.9. The number of nitrogens with one attached hydrogen (secondary N) is 1. The van der Waals surface area contributed by atoms with Gasteiger partial charge >= 0.3 is 0 Å². The minimum atomic E-state index is -0.261. The van der Waals surface area contributed by atoms with Gasteiger partial charge in [-0.15, -0.1) is 0 Å². The van der Waals surface area contributed by atoms with Crippen LogP contribution in [0, 0.1) is 10.8 Å². The quantitative estimate of drug-likeness (QED) is 0.422. The van der Waals surface area contributed by atoms with E-state index in [1.54, 1.807) is 6.07 Å². The summed E-state index contributed by atoms with van der Waals surface area (Å²) in [7, 11) is 0. The summed E-state index contributed by atoms with van der Waals surface area (Å²) < 4.78 is 0. The largest absolute Gasteiger partial charge is 0.384 e. The molecule has 1 atom stereocenters. The molecule has 3 N–H and O–H groups in total. The topological polar surface area (TPSA) is 66.9 Å². The molecule has 0 aromatic heterocycles. The normalized spacial score (nSPS) is 20.2. The van der Waals surface area contributed by atoms with E-state index < -0.39 is 0 Å². The maximum atomic E-state index is 12.7. The first-order chi connectivity index (χ1) is 10.5. The number of Topliss-reactive ketones (excluding diaryl/α,β-unsaturated/α-hetero) is 1. The van der Waals surface area contributed by atoms with Crippen LogP contribution in [0.3, 0.4) is 0 Å². The van der Waals surface area contributed by atoms with E-state index in [0.717, 1.165) is 30.4 Å². The van der Waals surface area contributed by atoms with Gasteiger partial charge in [0, 0.05) is 16.5 Å². The number of nitrogen functional groups attached to an aromatic ring is 1. The number of amidine groups is 1. The van der Waals surface area contributed by atoms with Crippen LogP contribution >= 0.6 is 0 Å². The van der Waals surface area contributed by atoms with Crippen molar-refractivity contribution in [2.45, 2.75) is 65.2 Å². The van der Waals surface area contributed by atoms with Crippen molar-refractivity contribution in [3.05, 3.63) is 34.9 Å². The fourth-order valence-electron chi connectivity index (χ4n) is 3.43. The molecule has 2 rings (SSSR count). The lowest BCUT2D eigenvalue weighted by Gasteiger charge is -2.21. The Kier molecular flexibility index (Phi) is 5.38. The van der Waals surface area contributed by atoms with Gasteiger partial charge in [-0.2, -0.15) is 0 Å². The molecule has 1 aromatic rings. The monoisotopic (exact) mass is 300 g/mol. The van der Waals surface area contributed by atoms with Gasteiger partial charge in [-0.3, -0.25) is 10.2 Å². The molecule has 22 heavy (non-hydrogen) atoms. The molecule has 0 bridgehead atoms. The summed E-state index contributed by atoms with van der Waals surface area (Å²) in [5.41, 5.74) is 7.81. The standard InChI is InChI=1S/C19H28N2O/c1-3-4-5-6-7-8-11-19(2)13-15-10-9-14(18(20)21)12-16(15)17(19)22/h9-10,12H,3-8,11,13H2,1-2H3,(H3,20,21). The van der Waals surface area contributed by atoms with Gasteiger partial charge in [-0.1, -0.05) is 64.5 Å². The molecule has 0 saturated heterocycles. The zero-order valence-electron chi connectivity index (χ0n) is 13.9. The van der Waals surface area contributed by atoms with Crippen molar-refractivity contribution in [1.29, 1.82) is 5.41 Å². The van der Waals surface area contributed by atoms with Crippen LogP contribution < -0.4 is 5.73 Å². The van der Waals surface area contributed by atoms with E-state index >= 15 is 0 Å². The molecular weight excluding hydrogens is 272 g/mol. The van der Waals surface area contributed by atoms with Gasteiger partial charge in [0.1, 0.15) is 5.84 Å². The lowest BCUT2D eigenvalue weighted by Crippen LogP contribution is -2.24.